The molecule has 0 atom stereocenters. The summed E-state index contributed by atoms with van der Waals surface area (Å²) in [4.78, 5) is 2.13. The van der Waals surface area contributed by atoms with Gasteiger partial charge in [0.05, 0.1) is 11.4 Å². The highest BCUT2D eigenvalue weighted by Crippen LogP contribution is 2.29. The van der Waals surface area contributed by atoms with Gasteiger partial charge in [-0.3, -0.25) is 0 Å². The molecule has 1 aromatic rings. The zero-order chi connectivity index (χ0) is 12.3. The molecule has 4 heteroatoms. The number of benzene rings is 1. The SMILES string of the molecule is CN(C)c1ccc(Br)cc1NC1CCOCC1. The summed E-state index contributed by atoms with van der Waals surface area (Å²) >= 11 is 3.53. The predicted octanol–water partition coefficient (Wildman–Crippen LogP) is 3.11. The number of halogens is 1. The molecule has 0 aromatic heterocycles. The smallest absolute Gasteiger partial charge is 0.0597 e. The molecule has 0 spiro atoms. The standard InChI is InChI=1S/C13H19BrN2O/c1-16(2)13-4-3-10(14)9-12(13)15-11-5-7-17-8-6-11/h3-4,9,11,15H,5-8H2,1-2H3. The Morgan fingerprint density at radius 2 is 2.00 bits per heavy atom. The summed E-state index contributed by atoms with van der Waals surface area (Å²) in [5.41, 5.74) is 2.41. The van der Waals surface area contributed by atoms with Gasteiger partial charge in [-0.15, -0.1) is 0 Å². The van der Waals surface area contributed by atoms with E-state index in [1.807, 2.05) is 0 Å². The van der Waals surface area contributed by atoms with Crippen LogP contribution < -0.4 is 10.2 Å². The minimum Gasteiger partial charge on any atom is -0.381 e. The van der Waals surface area contributed by atoms with Crippen molar-refractivity contribution in [3.8, 4) is 0 Å². The average molecular weight is 299 g/mol. The van der Waals surface area contributed by atoms with E-state index in [9.17, 15) is 0 Å². The van der Waals surface area contributed by atoms with Crippen molar-refractivity contribution in [3.05, 3.63) is 22.7 Å². The van der Waals surface area contributed by atoms with Crippen molar-refractivity contribution in [2.24, 2.45) is 0 Å². The van der Waals surface area contributed by atoms with Crippen molar-refractivity contribution in [1.29, 1.82) is 0 Å². The van der Waals surface area contributed by atoms with Crippen LogP contribution in [0.2, 0.25) is 0 Å². The van der Waals surface area contributed by atoms with Gasteiger partial charge in [-0.25, -0.2) is 0 Å². The lowest BCUT2D eigenvalue weighted by molar-refractivity contribution is 0.0904. The van der Waals surface area contributed by atoms with Gasteiger partial charge in [0.1, 0.15) is 0 Å². The molecule has 2 rings (SSSR count). The van der Waals surface area contributed by atoms with Crippen molar-refractivity contribution in [2.45, 2.75) is 18.9 Å². The lowest BCUT2D eigenvalue weighted by Crippen LogP contribution is -2.28. The normalized spacial score (nSPS) is 16.9. The number of ether oxygens (including phenoxy) is 1. The van der Waals surface area contributed by atoms with Gasteiger partial charge in [0.25, 0.3) is 0 Å². The van der Waals surface area contributed by atoms with E-state index >= 15 is 0 Å². The summed E-state index contributed by atoms with van der Waals surface area (Å²) < 4.78 is 6.49. The van der Waals surface area contributed by atoms with E-state index < -0.39 is 0 Å². The molecule has 94 valence electrons. The molecule has 3 nitrogen and oxygen atoms in total. The van der Waals surface area contributed by atoms with Gasteiger partial charge in [0.2, 0.25) is 0 Å². The molecule has 0 amide bonds. The van der Waals surface area contributed by atoms with Crippen LogP contribution in [0.25, 0.3) is 0 Å². The number of hydrogen-bond donors (Lipinski definition) is 1. The molecule has 17 heavy (non-hydrogen) atoms. The number of hydrogen-bond acceptors (Lipinski definition) is 3. The summed E-state index contributed by atoms with van der Waals surface area (Å²) in [6, 6.07) is 6.87. The van der Waals surface area contributed by atoms with E-state index in [0.29, 0.717) is 6.04 Å². The first-order chi connectivity index (χ1) is 8.16. The van der Waals surface area contributed by atoms with E-state index in [2.05, 4.69) is 58.4 Å². The fourth-order valence-corrected chi connectivity index (χ4v) is 2.44. The van der Waals surface area contributed by atoms with Crippen LogP contribution in [0.3, 0.4) is 0 Å². The largest absolute Gasteiger partial charge is 0.381 e. The number of anilines is 2. The second-order valence-corrected chi connectivity index (χ2v) is 5.50. The Balaban J connectivity index is 2.14. The first-order valence-corrected chi connectivity index (χ1v) is 6.77. The van der Waals surface area contributed by atoms with E-state index in [4.69, 9.17) is 4.74 Å². The molecular formula is C13H19BrN2O. The van der Waals surface area contributed by atoms with Crippen LogP contribution in [0.1, 0.15) is 12.8 Å². The molecule has 1 heterocycles. The lowest BCUT2D eigenvalue weighted by atomic mass is 10.1. The Labute approximate surface area is 111 Å². The van der Waals surface area contributed by atoms with Gasteiger partial charge in [-0.05, 0) is 31.0 Å². The Hall–Kier alpha value is -0.740. The second-order valence-electron chi connectivity index (χ2n) is 4.59. The quantitative estimate of drug-likeness (QED) is 0.928. The fraction of sp³-hybridized carbons (Fsp3) is 0.538. The van der Waals surface area contributed by atoms with Crippen molar-refractivity contribution in [1.82, 2.24) is 0 Å². The van der Waals surface area contributed by atoms with Crippen LogP contribution in [-0.2, 0) is 4.74 Å². The molecule has 1 aliphatic rings. The maximum atomic E-state index is 5.38. The molecule has 1 saturated heterocycles. The first-order valence-electron chi connectivity index (χ1n) is 5.98. The van der Waals surface area contributed by atoms with Crippen LogP contribution in [-0.4, -0.2) is 33.4 Å². The molecule has 1 N–H and O–H groups in total. The topological polar surface area (TPSA) is 24.5 Å². The number of nitrogens with one attached hydrogen (secondary N) is 1. The fourth-order valence-electron chi connectivity index (χ4n) is 2.08. The summed E-state index contributed by atoms with van der Waals surface area (Å²) in [6.07, 6.45) is 2.17. The third-order valence-electron chi connectivity index (χ3n) is 3.02. The zero-order valence-corrected chi connectivity index (χ0v) is 12.0. The Kier molecular flexibility index (Phi) is 4.29. The molecule has 1 aliphatic heterocycles. The number of nitrogens with zero attached hydrogens (tertiary/aromatic N) is 1. The molecule has 0 aliphatic carbocycles. The average Bonchev–Trinajstić information content (AvgIpc) is 2.30. The third-order valence-corrected chi connectivity index (χ3v) is 3.51. The van der Waals surface area contributed by atoms with Gasteiger partial charge < -0.3 is 15.0 Å². The van der Waals surface area contributed by atoms with E-state index in [1.54, 1.807) is 0 Å². The predicted molar refractivity (Wildman–Crippen MR) is 75.9 cm³/mol. The second kappa shape index (κ2) is 5.74. The van der Waals surface area contributed by atoms with Crippen LogP contribution in [0.4, 0.5) is 11.4 Å². The lowest BCUT2D eigenvalue weighted by Gasteiger charge is -2.27. The Morgan fingerprint density at radius 3 is 2.65 bits per heavy atom. The maximum Gasteiger partial charge on any atom is 0.0597 e. The minimum absolute atomic E-state index is 0.525. The van der Waals surface area contributed by atoms with Crippen molar-refractivity contribution in [2.75, 3.05) is 37.5 Å². The Morgan fingerprint density at radius 1 is 1.29 bits per heavy atom. The van der Waals surface area contributed by atoms with Crippen LogP contribution >= 0.6 is 15.9 Å². The molecule has 0 unspecified atom stereocenters. The molecular weight excluding hydrogens is 280 g/mol. The first kappa shape index (κ1) is 12.7. The van der Waals surface area contributed by atoms with Gasteiger partial charge in [0, 0.05) is 37.8 Å². The zero-order valence-electron chi connectivity index (χ0n) is 10.4. The van der Waals surface area contributed by atoms with E-state index in [1.165, 1.54) is 11.4 Å². The van der Waals surface area contributed by atoms with Crippen LogP contribution in [0, 0.1) is 0 Å². The molecule has 1 aromatic carbocycles. The molecule has 0 saturated carbocycles. The molecule has 0 radical (unpaired) electrons. The highest BCUT2D eigenvalue weighted by molar-refractivity contribution is 9.10. The summed E-state index contributed by atoms with van der Waals surface area (Å²) in [6.45, 7) is 1.73. The van der Waals surface area contributed by atoms with E-state index in [0.717, 1.165) is 30.5 Å². The monoisotopic (exact) mass is 298 g/mol. The number of rotatable bonds is 3. The summed E-state index contributed by atoms with van der Waals surface area (Å²) in [7, 11) is 4.14. The van der Waals surface area contributed by atoms with Crippen molar-refractivity contribution < 1.29 is 4.74 Å². The molecule has 0 bridgehead atoms. The van der Waals surface area contributed by atoms with Crippen LogP contribution in [0.15, 0.2) is 22.7 Å². The Bertz CT molecular complexity index is 376. The highest BCUT2D eigenvalue weighted by Gasteiger charge is 2.15. The van der Waals surface area contributed by atoms with E-state index in [-0.39, 0.29) is 0 Å². The third kappa shape index (κ3) is 3.36. The van der Waals surface area contributed by atoms with Gasteiger partial charge in [-0.1, -0.05) is 15.9 Å². The minimum atomic E-state index is 0.525. The van der Waals surface area contributed by atoms with Crippen LogP contribution in [0.5, 0.6) is 0 Å². The molecule has 1 fully saturated rings. The van der Waals surface area contributed by atoms with Crippen molar-refractivity contribution in [3.63, 3.8) is 0 Å². The summed E-state index contributed by atoms with van der Waals surface area (Å²) in [5, 5.41) is 3.62. The highest BCUT2D eigenvalue weighted by atomic mass is 79.9. The van der Waals surface area contributed by atoms with Crippen molar-refractivity contribution >= 4 is 27.3 Å². The maximum absolute atomic E-state index is 5.38. The van der Waals surface area contributed by atoms with Gasteiger partial charge >= 0.3 is 0 Å². The summed E-state index contributed by atoms with van der Waals surface area (Å²) in [5.74, 6) is 0. The van der Waals surface area contributed by atoms with Gasteiger partial charge in [-0.2, -0.15) is 0 Å². The van der Waals surface area contributed by atoms with Gasteiger partial charge in [0.15, 0.2) is 0 Å².